The van der Waals surface area contributed by atoms with E-state index < -0.39 is 11.7 Å². The first-order chi connectivity index (χ1) is 17.8. The first kappa shape index (κ1) is 28.5. The smallest absolute Gasteiger partial charge is 0.435 e. The van der Waals surface area contributed by atoms with Crippen molar-refractivity contribution in [1.82, 2.24) is 19.7 Å². The van der Waals surface area contributed by atoms with Gasteiger partial charge in [0.2, 0.25) is 0 Å². The van der Waals surface area contributed by atoms with Crippen molar-refractivity contribution in [2.75, 3.05) is 12.4 Å². The Morgan fingerprint density at radius 3 is 2.39 bits per heavy atom. The second-order valence-electron chi connectivity index (χ2n) is 10.3. The SMILES string of the molecule is CC(C)(C)OC=O.COc1ccc(Nc2cc3[nH]c(-c4cnn(C(=O)OC(C)(C)C)c4)cc3cn2)c(Cl)c1. The normalized spacial score (nSPS) is 11.4. The Morgan fingerprint density at radius 2 is 1.82 bits per heavy atom. The number of benzene rings is 1. The van der Waals surface area contributed by atoms with Gasteiger partial charge < -0.3 is 24.5 Å². The number of hydrogen-bond acceptors (Lipinski definition) is 8. The molecule has 0 unspecified atom stereocenters. The average molecular weight is 542 g/mol. The summed E-state index contributed by atoms with van der Waals surface area (Å²) in [5.41, 5.74) is 2.26. The predicted octanol–water partition coefficient (Wildman–Crippen LogP) is 6.57. The van der Waals surface area contributed by atoms with Crippen LogP contribution >= 0.6 is 11.6 Å². The van der Waals surface area contributed by atoms with Crippen LogP contribution in [0.15, 0.2) is 48.9 Å². The van der Waals surface area contributed by atoms with Crippen LogP contribution in [0, 0.1) is 0 Å². The number of pyridine rings is 1. The van der Waals surface area contributed by atoms with Crippen LogP contribution in [0.3, 0.4) is 0 Å². The van der Waals surface area contributed by atoms with Gasteiger partial charge in [-0.2, -0.15) is 9.78 Å². The molecule has 3 heterocycles. The maximum atomic E-state index is 12.2. The van der Waals surface area contributed by atoms with Gasteiger partial charge in [0.05, 0.1) is 29.5 Å². The third kappa shape index (κ3) is 7.97. The van der Waals surface area contributed by atoms with Gasteiger partial charge in [0.15, 0.2) is 0 Å². The summed E-state index contributed by atoms with van der Waals surface area (Å²) in [5, 5.41) is 8.78. The highest BCUT2D eigenvalue weighted by atomic mass is 35.5. The minimum atomic E-state index is -0.591. The summed E-state index contributed by atoms with van der Waals surface area (Å²) in [6, 6.07) is 9.22. The second kappa shape index (κ2) is 11.6. The zero-order valence-electron chi connectivity index (χ0n) is 22.5. The number of nitrogens with zero attached hydrogens (tertiary/aromatic N) is 3. The Labute approximate surface area is 226 Å². The van der Waals surface area contributed by atoms with Crippen molar-refractivity contribution >= 4 is 46.6 Å². The molecule has 38 heavy (non-hydrogen) atoms. The molecule has 0 amide bonds. The van der Waals surface area contributed by atoms with E-state index in [2.05, 4.69) is 25.1 Å². The molecule has 0 fully saturated rings. The van der Waals surface area contributed by atoms with Crippen molar-refractivity contribution in [2.24, 2.45) is 0 Å². The number of fused-ring (bicyclic) bond motifs is 1. The zero-order chi connectivity index (χ0) is 28.1. The fourth-order valence-corrected chi connectivity index (χ4v) is 3.34. The maximum Gasteiger partial charge on any atom is 0.435 e. The number of hydrogen-bond donors (Lipinski definition) is 2. The van der Waals surface area contributed by atoms with Crippen molar-refractivity contribution in [3.8, 4) is 17.0 Å². The van der Waals surface area contributed by atoms with Crippen LogP contribution in [0.2, 0.25) is 5.02 Å². The van der Waals surface area contributed by atoms with Gasteiger partial charge in [0.1, 0.15) is 22.8 Å². The Bertz CT molecular complexity index is 1420. The molecule has 4 rings (SSSR count). The van der Waals surface area contributed by atoms with Gasteiger partial charge in [0, 0.05) is 41.2 Å². The van der Waals surface area contributed by atoms with Gasteiger partial charge in [-0.25, -0.2) is 9.78 Å². The Hall–Kier alpha value is -4.05. The fourth-order valence-electron chi connectivity index (χ4n) is 3.13. The fraction of sp³-hybridized carbons (Fsp3) is 0.333. The highest BCUT2D eigenvalue weighted by Crippen LogP contribution is 2.30. The van der Waals surface area contributed by atoms with Gasteiger partial charge in [-0.1, -0.05) is 11.6 Å². The third-order valence-corrected chi connectivity index (χ3v) is 5.13. The zero-order valence-corrected chi connectivity index (χ0v) is 23.2. The molecule has 3 aromatic heterocycles. The van der Waals surface area contributed by atoms with Crippen molar-refractivity contribution in [2.45, 2.75) is 52.7 Å². The predicted molar refractivity (Wildman–Crippen MR) is 147 cm³/mol. The van der Waals surface area contributed by atoms with E-state index in [9.17, 15) is 9.59 Å². The molecule has 1 aromatic carbocycles. The number of rotatable bonds is 5. The molecule has 4 aromatic rings. The van der Waals surface area contributed by atoms with E-state index in [0.717, 1.165) is 27.8 Å². The minimum Gasteiger partial charge on any atom is -0.497 e. The van der Waals surface area contributed by atoms with Gasteiger partial charge >= 0.3 is 6.09 Å². The maximum absolute atomic E-state index is 12.2. The summed E-state index contributed by atoms with van der Waals surface area (Å²) in [7, 11) is 1.59. The first-order valence-electron chi connectivity index (χ1n) is 11.8. The van der Waals surface area contributed by atoms with Gasteiger partial charge in [-0.3, -0.25) is 4.79 Å². The molecule has 0 saturated heterocycles. The van der Waals surface area contributed by atoms with Crippen LogP contribution in [0.25, 0.3) is 22.2 Å². The lowest BCUT2D eigenvalue weighted by Crippen LogP contribution is -2.27. The van der Waals surface area contributed by atoms with Crippen LogP contribution in [-0.2, 0) is 14.3 Å². The summed E-state index contributed by atoms with van der Waals surface area (Å²) in [6.45, 7) is 11.4. The lowest BCUT2D eigenvalue weighted by Gasteiger charge is -2.18. The van der Waals surface area contributed by atoms with E-state index in [4.69, 9.17) is 21.1 Å². The molecule has 10 nitrogen and oxygen atoms in total. The largest absolute Gasteiger partial charge is 0.497 e. The molecule has 0 bridgehead atoms. The Balaban J connectivity index is 0.000000505. The van der Waals surface area contributed by atoms with Crippen molar-refractivity contribution < 1.29 is 23.8 Å². The quantitative estimate of drug-likeness (QED) is 0.272. The van der Waals surface area contributed by atoms with Gasteiger partial charge in [-0.15, -0.1) is 0 Å². The van der Waals surface area contributed by atoms with Crippen molar-refractivity contribution in [3.63, 3.8) is 0 Å². The van der Waals surface area contributed by atoms with E-state index in [0.29, 0.717) is 23.1 Å². The molecule has 11 heteroatoms. The number of anilines is 2. The molecule has 0 atom stereocenters. The topological polar surface area (TPSA) is 120 Å². The number of nitrogens with one attached hydrogen (secondary N) is 2. The number of carbonyl (C=O) groups excluding carboxylic acids is 2. The summed E-state index contributed by atoms with van der Waals surface area (Å²) in [5.74, 6) is 1.32. The molecule has 0 aliphatic heterocycles. The average Bonchev–Trinajstić information content (AvgIpc) is 3.46. The third-order valence-electron chi connectivity index (χ3n) is 4.82. The number of H-pyrrole nitrogens is 1. The lowest BCUT2D eigenvalue weighted by atomic mass is 10.2. The highest BCUT2D eigenvalue weighted by Gasteiger charge is 2.19. The van der Waals surface area contributed by atoms with E-state index in [1.807, 2.05) is 65.8 Å². The van der Waals surface area contributed by atoms with E-state index in [1.54, 1.807) is 31.8 Å². The first-order valence-corrected chi connectivity index (χ1v) is 12.1. The van der Waals surface area contributed by atoms with Crippen LogP contribution in [0.1, 0.15) is 41.5 Å². The summed E-state index contributed by atoms with van der Waals surface area (Å²) in [4.78, 5) is 29.6. The molecular weight excluding hydrogens is 510 g/mol. The number of ether oxygens (including phenoxy) is 3. The number of aromatic amines is 1. The molecule has 2 N–H and O–H groups in total. The van der Waals surface area contributed by atoms with Crippen LogP contribution in [-0.4, -0.2) is 50.6 Å². The summed E-state index contributed by atoms with van der Waals surface area (Å²) >= 11 is 6.30. The van der Waals surface area contributed by atoms with Crippen LogP contribution in [0.4, 0.5) is 16.3 Å². The lowest BCUT2D eigenvalue weighted by molar-refractivity contribution is -0.138. The van der Waals surface area contributed by atoms with Gasteiger partial charge in [-0.05, 0) is 59.7 Å². The minimum absolute atomic E-state index is 0.318. The highest BCUT2D eigenvalue weighted by molar-refractivity contribution is 6.33. The molecule has 202 valence electrons. The molecular formula is C27H32ClN5O5. The van der Waals surface area contributed by atoms with Gasteiger partial charge in [0.25, 0.3) is 6.47 Å². The number of methoxy groups -OCH3 is 1. The van der Waals surface area contributed by atoms with Crippen LogP contribution < -0.4 is 10.1 Å². The molecule has 0 aliphatic rings. The summed E-state index contributed by atoms with van der Waals surface area (Å²) in [6.07, 6.45) is 4.47. The standard InChI is InChI=1S/C22H22ClN5O3.C5H10O2/c1-22(2,3)31-21(29)28-12-14(11-25-28)18-7-13-10-24-20(9-19(13)26-18)27-17-6-5-15(30-4)8-16(17)23;1-5(2,3)7-4-6/h5-12,26H,1-4H3,(H,24,27);4H,1-3H3. The van der Waals surface area contributed by atoms with E-state index >= 15 is 0 Å². The number of carbonyl (C=O) groups is 2. The summed E-state index contributed by atoms with van der Waals surface area (Å²) < 4.78 is 16.2. The Kier molecular flexibility index (Phi) is 8.67. The Morgan fingerprint density at radius 1 is 1.08 bits per heavy atom. The van der Waals surface area contributed by atoms with E-state index in [1.165, 1.54) is 4.68 Å². The molecule has 0 spiro atoms. The van der Waals surface area contributed by atoms with Crippen LogP contribution in [0.5, 0.6) is 5.75 Å². The number of aromatic nitrogens is 4. The molecule has 0 radical (unpaired) electrons. The van der Waals surface area contributed by atoms with Crippen molar-refractivity contribution in [3.05, 3.63) is 53.9 Å². The molecule has 0 saturated carbocycles. The van der Waals surface area contributed by atoms with Crippen molar-refractivity contribution in [1.29, 1.82) is 0 Å². The van der Waals surface area contributed by atoms with E-state index in [-0.39, 0.29) is 5.60 Å². The molecule has 0 aliphatic carbocycles. The monoisotopic (exact) mass is 541 g/mol. The number of halogens is 1. The second-order valence-corrected chi connectivity index (χ2v) is 10.7.